The van der Waals surface area contributed by atoms with Gasteiger partial charge >= 0.3 is 0 Å². The first-order valence-corrected chi connectivity index (χ1v) is 6.73. The van der Waals surface area contributed by atoms with Crippen LogP contribution in [0.3, 0.4) is 0 Å². The van der Waals surface area contributed by atoms with Crippen LogP contribution in [0, 0.1) is 0 Å². The van der Waals surface area contributed by atoms with Crippen molar-refractivity contribution in [3.63, 3.8) is 0 Å². The molecular formula is C17H12N4. The molecule has 100 valence electrons. The van der Waals surface area contributed by atoms with Crippen LogP contribution >= 0.6 is 0 Å². The summed E-state index contributed by atoms with van der Waals surface area (Å²) in [4.78, 5) is 9.08. The predicted octanol–water partition coefficient (Wildman–Crippen LogP) is 3.69. The minimum atomic E-state index is 0.818. The molecule has 0 aliphatic heterocycles. The molecule has 0 aliphatic carbocycles. The quantitative estimate of drug-likeness (QED) is 0.605. The number of para-hydroxylation sites is 1. The minimum Gasteiger partial charge on any atom is -0.284 e. The van der Waals surface area contributed by atoms with Gasteiger partial charge in [-0.2, -0.15) is 5.10 Å². The molecule has 0 spiro atoms. The average molecular weight is 272 g/mol. The van der Waals surface area contributed by atoms with E-state index in [1.807, 2.05) is 48.7 Å². The summed E-state index contributed by atoms with van der Waals surface area (Å²) in [6, 6.07) is 18.0. The number of rotatable bonds is 2. The normalized spacial score (nSPS) is 10.9. The van der Waals surface area contributed by atoms with Crippen molar-refractivity contribution in [2.24, 2.45) is 0 Å². The summed E-state index contributed by atoms with van der Waals surface area (Å²) in [5.74, 6) is 0. The molecule has 4 nitrogen and oxygen atoms in total. The number of aromatic amines is 1. The fraction of sp³-hybridized carbons (Fsp3) is 0. The first kappa shape index (κ1) is 11.8. The Morgan fingerprint density at radius 2 is 1.71 bits per heavy atom. The number of nitrogens with zero attached hydrogens (tertiary/aromatic N) is 3. The van der Waals surface area contributed by atoms with E-state index in [1.54, 1.807) is 6.20 Å². The van der Waals surface area contributed by atoms with Gasteiger partial charge in [-0.3, -0.25) is 10.1 Å². The highest BCUT2D eigenvalue weighted by Crippen LogP contribution is 2.28. The Morgan fingerprint density at radius 1 is 0.810 bits per heavy atom. The molecule has 3 heterocycles. The van der Waals surface area contributed by atoms with Gasteiger partial charge < -0.3 is 0 Å². The summed E-state index contributed by atoms with van der Waals surface area (Å²) in [5, 5.41) is 8.36. The van der Waals surface area contributed by atoms with Crippen LogP contribution in [0.15, 0.2) is 67.0 Å². The van der Waals surface area contributed by atoms with E-state index in [0.717, 1.165) is 33.5 Å². The van der Waals surface area contributed by atoms with Crippen LogP contribution in [-0.4, -0.2) is 20.2 Å². The van der Waals surface area contributed by atoms with Crippen LogP contribution in [0.2, 0.25) is 0 Å². The third-order valence-electron chi connectivity index (χ3n) is 3.42. The van der Waals surface area contributed by atoms with Gasteiger partial charge in [0.2, 0.25) is 0 Å². The van der Waals surface area contributed by atoms with Crippen LogP contribution in [0.5, 0.6) is 0 Å². The molecule has 1 N–H and O–H groups in total. The van der Waals surface area contributed by atoms with E-state index in [0.29, 0.717) is 0 Å². The maximum absolute atomic E-state index is 4.72. The summed E-state index contributed by atoms with van der Waals surface area (Å²) in [6.45, 7) is 0. The first-order valence-electron chi connectivity index (χ1n) is 6.73. The van der Waals surface area contributed by atoms with Gasteiger partial charge in [0.05, 0.1) is 16.9 Å². The molecule has 3 aromatic heterocycles. The molecule has 4 heteroatoms. The zero-order valence-corrected chi connectivity index (χ0v) is 11.2. The van der Waals surface area contributed by atoms with E-state index in [1.165, 1.54) is 0 Å². The Balaban J connectivity index is 1.88. The van der Waals surface area contributed by atoms with Crippen molar-refractivity contribution < 1.29 is 0 Å². The van der Waals surface area contributed by atoms with Crippen LogP contribution in [0.1, 0.15) is 0 Å². The third kappa shape index (κ3) is 2.07. The number of hydrogen-bond donors (Lipinski definition) is 1. The molecule has 0 aliphatic rings. The van der Waals surface area contributed by atoms with Crippen LogP contribution < -0.4 is 0 Å². The number of pyridine rings is 2. The van der Waals surface area contributed by atoms with Gasteiger partial charge in [0.15, 0.2) is 0 Å². The van der Waals surface area contributed by atoms with Crippen molar-refractivity contribution in [3.8, 4) is 22.6 Å². The van der Waals surface area contributed by atoms with E-state index < -0.39 is 0 Å². The highest BCUT2D eigenvalue weighted by molar-refractivity contribution is 5.84. The van der Waals surface area contributed by atoms with Crippen molar-refractivity contribution >= 4 is 10.9 Å². The van der Waals surface area contributed by atoms with Crippen LogP contribution in [0.4, 0.5) is 0 Å². The van der Waals surface area contributed by atoms with Gasteiger partial charge in [0, 0.05) is 23.3 Å². The third-order valence-corrected chi connectivity index (χ3v) is 3.42. The molecule has 1 aromatic carbocycles. The Labute approximate surface area is 121 Å². The van der Waals surface area contributed by atoms with E-state index in [9.17, 15) is 0 Å². The molecule has 4 rings (SSSR count). The summed E-state index contributed by atoms with van der Waals surface area (Å²) in [6.07, 6.45) is 3.63. The lowest BCUT2D eigenvalue weighted by atomic mass is 10.1. The van der Waals surface area contributed by atoms with E-state index in [2.05, 4.69) is 27.3 Å². The number of hydrogen-bond acceptors (Lipinski definition) is 3. The Bertz CT molecular complexity index is 897. The predicted molar refractivity (Wildman–Crippen MR) is 82.6 cm³/mol. The summed E-state index contributed by atoms with van der Waals surface area (Å²) in [5.41, 5.74) is 4.48. The summed E-state index contributed by atoms with van der Waals surface area (Å²) >= 11 is 0. The standard InChI is InChI=1S/C17H12N4/c1-2-6-14-12(5-1)8-9-15(20-14)13-11-19-21-17(13)16-7-3-4-10-18-16/h1-11H,(H,19,21). The fourth-order valence-electron chi connectivity index (χ4n) is 2.40. The molecule has 21 heavy (non-hydrogen) atoms. The second kappa shape index (κ2) is 4.83. The molecule has 0 saturated heterocycles. The molecule has 0 amide bonds. The zero-order valence-electron chi connectivity index (χ0n) is 11.2. The summed E-state index contributed by atoms with van der Waals surface area (Å²) < 4.78 is 0. The van der Waals surface area contributed by atoms with Gasteiger partial charge in [0.25, 0.3) is 0 Å². The van der Waals surface area contributed by atoms with Crippen LogP contribution in [-0.2, 0) is 0 Å². The van der Waals surface area contributed by atoms with Gasteiger partial charge in [0.1, 0.15) is 5.69 Å². The largest absolute Gasteiger partial charge is 0.284 e. The van der Waals surface area contributed by atoms with E-state index in [4.69, 9.17) is 4.98 Å². The lowest BCUT2D eigenvalue weighted by Gasteiger charge is -2.03. The topological polar surface area (TPSA) is 54.5 Å². The highest BCUT2D eigenvalue weighted by atomic mass is 15.1. The SMILES string of the molecule is c1ccc(-c2n[nH]cc2-c2ccc3ccccc3n2)nc1. The van der Waals surface area contributed by atoms with Crippen molar-refractivity contribution in [2.45, 2.75) is 0 Å². The number of H-pyrrole nitrogens is 1. The van der Waals surface area contributed by atoms with Crippen molar-refractivity contribution in [1.29, 1.82) is 0 Å². The Hall–Kier alpha value is -3.01. The highest BCUT2D eigenvalue weighted by Gasteiger charge is 2.12. The van der Waals surface area contributed by atoms with Crippen LogP contribution in [0.25, 0.3) is 33.5 Å². The Morgan fingerprint density at radius 3 is 2.62 bits per heavy atom. The number of nitrogens with one attached hydrogen (secondary N) is 1. The fourth-order valence-corrected chi connectivity index (χ4v) is 2.40. The van der Waals surface area contributed by atoms with Crippen molar-refractivity contribution in [3.05, 3.63) is 67.0 Å². The number of benzene rings is 1. The zero-order chi connectivity index (χ0) is 14.1. The number of aromatic nitrogens is 4. The second-order valence-electron chi connectivity index (χ2n) is 4.75. The lowest BCUT2D eigenvalue weighted by molar-refractivity contribution is 1.09. The van der Waals surface area contributed by atoms with Gasteiger partial charge in [-0.05, 0) is 24.3 Å². The summed E-state index contributed by atoms with van der Waals surface area (Å²) in [7, 11) is 0. The molecular weight excluding hydrogens is 260 g/mol. The van der Waals surface area contributed by atoms with Gasteiger partial charge in [-0.15, -0.1) is 0 Å². The molecule has 0 unspecified atom stereocenters. The smallest absolute Gasteiger partial charge is 0.120 e. The molecule has 0 radical (unpaired) electrons. The maximum Gasteiger partial charge on any atom is 0.120 e. The van der Waals surface area contributed by atoms with E-state index in [-0.39, 0.29) is 0 Å². The molecule has 0 atom stereocenters. The lowest BCUT2D eigenvalue weighted by Crippen LogP contribution is -1.88. The van der Waals surface area contributed by atoms with Crippen molar-refractivity contribution in [1.82, 2.24) is 20.2 Å². The first-order chi connectivity index (χ1) is 10.4. The van der Waals surface area contributed by atoms with Gasteiger partial charge in [-0.1, -0.05) is 30.3 Å². The minimum absolute atomic E-state index is 0.818. The monoisotopic (exact) mass is 272 g/mol. The molecule has 0 saturated carbocycles. The van der Waals surface area contributed by atoms with Crippen molar-refractivity contribution in [2.75, 3.05) is 0 Å². The maximum atomic E-state index is 4.72. The molecule has 0 bridgehead atoms. The number of fused-ring (bicyclic) bond motifs is 1. The molecule has 4 aromatic rings. The van der Waals surface area contributed by atoms with Gasteiger partial charge in [-0.25, -0.2) is 4.98 Å². The van der Waals surface area contributed by atoms with E-state index >= 15 is 0 Å². The average Bonchev–Trinajstić information content (AvgIpc) is 3.05. The molecule has 0 fully saturated rings. The Kier molecular flexibility index (Phi) is 2.71. The second-order valence-corrected chi connectivity index (χ2v) is 4.75.